The molecule has 0 unspecified atom stereocenters. The first-order valence-electron chi connectivity index (χ1n) is 7.13. The summed E-state index contributed by atoms with van der Waals surface area (Å²) in [7, 11) is 3.13. The molecule has 0 bridgehead atoms. The molecule has 0 heterocycles. The van der Waals surface area contributed by atoms with Gasteiger partial charge in [-0.05, 0) is 36.4 Å². The summed E-state index contributed by atoms with van der Waals surface area (Å²) in [6.45, 7) is 0.514. The molecule has 2 aromatic carbocycles. The fraction of sp³-hybridized carbons (Fsp3) is 0.235. The smallest absolute Gasteiger partial charge is 0.226 e. The zero-order valence-corrected chi connectivity index (χ0v) is 13.8. The Labute approximate surface area is 140 Å². The number of ether oxygens (including phenoxy) is 2. The maximum absolute atomic E-state index is 12.1. The minimum atomic E-state index is -0.113. The van der Waals surface area contributed by atoms with Crippen molar-refractivity contribution in [3.05, 3.63) is 47.5 Å². The lowest BCUT2D eigenvalue weighted by Gasteiger charge is -2.12. The molecule has 1 amide bonds. The Kier molecular flexibility index (Phi) is 6.11. The first-order chi connectivity index (χ1) is 11.1. The molecule has 0 saturated carbocycles. The third-order valence-electron chi connectivity index (χ3n) is 3.21. The second kappa shape index (κ2) is 8.29. The number of carbonyl (C=O) groups excluding carboxylic acids is 1. The number of methoxy groups -OCH3 is 2. The summed E-state index contributed by atoms with van der Waals surface area (Å²) in [5.74, 6) is 1.13. The van der Waals surface area contributed by atoms with Gasteiger partial charge in [-0.3, -0.25) is 4.79 Å². The van der Waals surface area contributed by atoms with Crippen LogP contribution in [0.5, 0.6) is 11.5 Å². The minimum Gasteiger partial charge on any atom is -0.497 e. The van der Waals surface area contributed by atoms with Crippen molar-refractivity contribution in [2.75, 3.05) is 31.4 Å². The number of halogens is 1. The number of rotatable bonds is 7. The number of benzene rings is 2. The minimum absolute atomic E-state index is 0.113. The summed E-state index contributed by atoms with van der Waals surface area (Å²) in [6.07, 6.45) is 0.322. The molecule has 122 valence electrons. The molecular weight excluding hydrogens is 316 g/mol. The van der Waals surface area contributed by atoms with Crippen LogP contribution in [0, 0.1) is 0 Å². The van der Waals surface area contributed by atoms with Crippen LogP contribution in [0.15, 0.2) is 42.5 Å². The number of anilines is 2. The summed E-state index contributed by atoms with van der Waals surface area (Å²) < 4.78 is 10.4. The quantitative estimate of drug-likeness (QED) is 0.808. The van der Waals surface area contributed by atoms with Crippen molar-refractivity contribution in [1.29, 1.82) is 0 Å². The van der Waals surface area contributed by atoms with Gasteiger partial charge in [-0.25, -0.2) is 0 Å². The van der Waals surface area contributed by atoms with Crippen molar-refractivity contribution in [3.63, 3.8) is 0 Å². The van der Waals surface area contributed by atoms with Gasteiger partial charge in [0.05, 0.1) is 19.9 Å². The van der Waals surface area contributed by atoms with Crippen LogP contribution in [0.25, 0.3) is 0 Å². The van der Waals surface area contributed by atoms with Crippen molar-refractivity contribution in [2.24, 2.45) is 0 Å². The molecule has 23 heavy (non-hydrogen) atoms. The lowest BCUT2D eigenvalue weighted by molar-refractivity contribution is -0.115. The third-order valence-corrected chi connectivity index (χ3v) is 3.46. The molecule has 0 aliphatic rings. The van der Waals surface area contributed by atoms with Crippen LogP contribution in [-0.4, -0.2) is 26.7 Å². The lowest BCUT2D eigenvalue weighted by Crippen LogP contribution is -2.16. The number of hydrogen-bond donors (Lipinski definition) is 2. The highest BCUT2D eigenvalue weighted by molar-refractivity contribution is 6.30. The van der Waals surface area contributed by atoms with E-state index in [9.17, 15) is 4.79 Å². The van der Waals surface area contributed by atoms with E-state index < -0.39 is 0 Å². The standard InChI is InChI=1S/C17H19ClN2O3/c1-22-14-7-8-16(23-2)15(11-14)20-17(21)9-10-19-13-5-3-12(18)4-6-13/h3-8,11,19H,9-10H2,1-2H3,(H,20,21). The van der Waals surface area contributed by atoms with Crippen LogP contribution in [0.3, 0.4) is 0 Å². The molecule has 6 heteroatoms. The number of carbonyl (C=O) groups is 1. The van der Waals surface area contributed by atoms with Crippen LogP contribution in [-0.2, 0) is 4.79 Å². The van der Waals surface area contributed by atoms with E-state index in [-0.39, 0.29) is 5.91 Å². The Morgan fingerprint density at radius 2 is 1.83 bits per heavy atom. The Morgan fingerprint density at radius 3 is 2.48 bits per heavy atom. The maximum atomic E-state index is 12.1. The Balaban J connectivity index is 1.88. The highest BCUT2D eigenvalue weighted by atomic mass is 35.5. The molecule has 5 nitrogen and oxygen atoms in total. The average molecular weight is 335 g/mol. The Morgan fingerprint density at radius 1 is 1.09 bits per heavy atom. The van der Waals surface area contributed by atoms with E-state index in [1.807, 2.05) is 12.1 Å². The SMILES string of the molecule is COc1ccc(OC)c(NC(=O)CCNc2ccc(Cl)cc2)c1. The Hall–Kier alpha value is -2.40. The van der Waals surface area contributed by atoms with E-state index >= 15 is 0 Å². The monoisotopic (exact) mass is 334 g/mol. The van der Waals surface area contributed by atoms with Gasteiger partial charge in [-0.1, -0.05) is 11.6 Å². The van der Waals surface area contributed by atoms with Gasteiger partial charge < -0.3 is 20.1 Å². The van der Waals surface area contributed by atoms with E-state index in [2.05, 4.69) is 10.6 Å². The zero-order valence-electron chi connectivity index (χ0n) is 13.1. The van der Waals surface area contributed by atoms with Crippen molar-refractivity contribution in [2.45, 2.75) is 6.42 Å². The van der Waals surface area contributed by atoms with Crippen LogP contribution in [0.1, 0.15) is 6.42 Å². The van der Waals surface area contributed by atoms with Crippen LogP contribution in [0.4, 0.5) is 11.4 Å². The molecule has 2 rings (SSSR count). The molecule has 0 radical (unpaired) electrons. The van der Waals surface area contributed by atoms with Crippen molar-refractivity contribution in [1.82, 2.24) is 0 Å². The van der Waals surface area contributed by atoms with Crippen molar-refractivity contribution >= 4 is 28.9 Å². The molecule has 2 N–H and O–H groups in total. The fourth-order valence-electron chi connectivity index (χ4n) is 2.01. The van der Waals surface area contributed by atoms with Gasteiger partial charge in [0.2, 0.25) is 5.91 Å². The second-order valence-electron chi connectivity index (χ2n) is 4.80. The summed E-state index contributed by atoms with van der Waals surface area (Å²) in [6, 6.07) is 12.6. The Bertz CT molecular complexity index is 659. The van der Waals surface area contributed by atoms with Gasteiger partial charge in [0, 0.05) is 29.7 Å². The predicted octanol–water partition coefficient (Wildman–Crippen LogP) is 3.80. The lowest BCUT2D eigenvalue weighted by atomic mass is 10.2. The van der Waals surface area contributed by atoms with Gasteiger partial charge in [-0.15, -0.1) is 0 Å². The highest BCUT2D eigenvalue weighted by Gasteiger charge is 2.09. The number of nitrogens with one attached hydrogen (secondary N) is 2. The summed E-state index contributed by atoms with van der Waals surface area (Å²) >= 11 is 5.83. The molecule has 0 fully saturated rings. The molecule has 0 atom stereocenters. The van der Waals surface area contributed by atoms with Crippen LogP contribution >= 0.6 is 11.6 Å². The van der Waals surface area contributed by atoms with E-state index in [0.29, 0.717) is 35.2 Å². The summed E-state index contributed by atoms with van der Waals surface area (Å²) in [5, 5.41) is 6.67. The molecular formula is C17H19ClN2O3. The van der Waals surface area contributed by atoms with Crippen LogP contribution < -0.4 is 20.1 Å². The van der Waals surface area contributed by atoms with E-state index in [0.717, 1.165) is 5.69 Å². The normalized spacial score (nSPS) is 10.0. The molecule has 0 spiro atoms. The molecule has 0 aliphatic carbocycles. The first-order valence-corrected chi connectivity index (χ1v) is 7.51. The van der Waals surface area contributed by atoms with E-state index in [4.69, 9.17) is 21.1 Å². The number of amides is 1. The van der Waals surface area contributed by atoms with Gasteiger partial charge >= 0.3 is 0 Å². The topological polar surface area (TPSA) is 59.6 Å². The van der Waals surface area contributed by atoms with Gasteiger partial charge in [0.15, 0.2) is 0 Å². The summed E-state index contributed by atoms with van der Waals surface area (Å²) in [5.41, 5.74) is 1.50. The maximum Gasteiger partial charge on any atom is 0.226 e. The first kappa shape index (κ1) is 17.0. The van der Waals surface area contributed by atoms with Crippen LogP contribution in [0.2, 0.25) is 5.02 Å². The molecule has 0 aliphatic heterocycles. The summed E-state index contributed by atoms with van der Waals surface area (Å²) in [4.78, 5) is 12.1. The predicted molar refractivity (Wildman–Crippen MR) is 92.7 cm³/mol. The van der Waals surface area contributed by atoms with E-state index in [1.165, 1.54) is 0 Å². The average Bonchev–Trinajstić information content (AvgIpc) is 2.56. The zero-order chi connectivity index (χ0) is 16.7. The number of hydrogen-bond acceptors (Lipinski definition) is 4. The largest absolute Gasteiger partial charge is 0.497 e. The van der Waals surface area contributed by atoms with Gasteiger partial charge in [-0.2, -0.15) is 0 Å². The van der Waals surface area contributed by atoms with E-state index in [1.54, 1.807) is 44.6 Å². The molecule has 0 aromatic heterocycles. The van der Waals surface area contributed by atoms with Crippen molar-refractivity contribution in [3.8, 4) is 11.5 Å². The third kappa shape index (κ3) is 5.07. The van der Waals surface area contributed by atoms with Gasteiger partial charge in [0.25, 0.3) is 0 Å². The van der Waals surface area contributed by atoms with Gasteiger partial charge in [0.1, 0.15) is 11.5 Å². The molecule has 2 aromatic rings. The van der Waals surface area contributed by atoms with Crippen molar-refractivity contribution < 1.29 is 14.3 Å². The highest BCUT2D eigenvalue weighted by Crippen LogP contribution is 2.28. The fourth-order valence-corrected chi connectivity index (χ4v) is 2.14. The molecule has 0 saturated heterocycles. The second-order valence-corrected chi connectivity index (χ2v) is 5.23.